The van der Waals surface area contributed by atoms with Crippen LogP contribution in [-0.2, 0) is 9.53 Å². The number of nitrogens with zero attached hydrogens (tertiary/aromatic N) is 1. The maximum atomic E-state index is 11.0. The average molecular weight is 153 g/mol. The number of amides is 1. The Morgan fingerprint density at radius 1 is 1.73 bits per heavy atom. The predicted molar refractivity (Wildman–Crippen MR) is 39.6 cm³/mol. The summed E-state index contributed by atoms with van der Waals surface area (Å²) in [4.78, 5) is 12.8. The van der Waals surface area contributed by atoms with Gasteiger partial charge in [0.25, 0.3) is 0 Å². The van der Waals surface area contributed by atoms with E-state index in [0.29, 0.717) is 6.42 Å². The van der Waals surface area contributed by atoms with Crippen LogP contribution < -0.4 is 0 Å². The highest BCUT2D eigenvalue weighted by molar-refractivity contribution is 5.83. The molecule has 2 saturated heterocycles. The second kappa shape index (κ2) is 2.00. The number of carbonyl (C=O) groups excluding carboxylic acids is 1. The van der Waals surface area contributed by atoms with Crippen molar-refractivity contribution in [2.75, 3.05) is 0 Å². The summed E-state index contributed by atoms with van der Waals surface area (Å²) < 4.78 is 5.46. The largest absolute Gasteiger partial charge is 0.472 e. The van der Waals surface area contributed by atoms with E-state index < -0.39 is 0 Å². The zero-order valence-corrected chi connectivity index (χ0v) is 6.70. The van der Waals surface area contributed by atoms with E-state index in [1.165, 1.54) is 0 Å². The lowest BCUT2D eigenvalue weighted by Gasteiger charge is -2.33. The maximum absolute atomic E-state index is 11.0. The van der Waals surface area contributed by atoms with E-state index in [0.717, 1.165) is 5.76 Å². The van der Waals surface area contributed by atoms with E-state index >= 15 is 0 Å². The van der Waals surface area contributed by atoms with Crippen molar-refractivity contribution in [3.8, 4) is 0 Å². The van der Waals surface area contributed by atoms with Gasteiger partial charge in [-0.2, -0.15) is 0 Å². The quantitative estimate of drug-likeness (QED) is 0.483. The highest BCUT2D eigenvalue weighted by Gasteiger charge is 2.48. The third-order valence-corrected chi connectivity index (χ3v) is 2.33. The molecule has 2 rings (SSSR count). The minimum Gasteiger partial charge on any atom is -0.472 e. The van der Waals surface area contributed by atoms with Crippen molar-refractivity contribution in [2.24, 2.45) is 0 Å². The molecule has 1 amide bonds. The molecule has 3 heteroatoms. The molecule has 0 aromatic rings. The van der Waals surface area contributed by atoms with E-state index in [-0.39, 0.29) is 18.2 Å². The van der Waals surface area contributed by atoms with Crippen LogP contribution in [0.25, 0.3) is 0 Å². The minimum atomic E-state index is 0.0451. The normalized spacial score (nSPS) is 38.5. The van der Waals surface area contributed by atoms with Crippen molar-refractivity contribution >= 4 is 5.91 Å². The van der Waals surface area contributed by atoms with Gasteiger partial charge in [-0.1, -0.05) is 0 Å². The Morgan fingerprint density at radius 3 is 2.91 bits per heavy atom. The van der Waals surface area contributed by atoms with Crippen molar-refractivity contribution in [3.05, 3.63) is 11.8 Å². The summed E-state index contributed by atoms with van der Waals surface area (Å²) in [6.45, 7) is 3.93. The molecule has 0 aliphatic carbocycles. The zero-order valence-electron chi connectivity index (χ0n) is 6.70. The lowest BCUT2D eigenvalue weighted by molar-refractivity contribution is -0.156. The fourth-order valence-electron chi connectivity index (χ4n) is 1.67. The first-order valence-corrected chi connectivity index (χ1v) is 3.88. The van der Waals surface area contributed by atoms with Gasteiger partial charge in [-0.25, -0.2) is 0 Å². The van der Waals surface area contributed by atoms with Gasteiger partial charge in [0.1, 0.15) is 5.76 Å². The molecule has 0 bridgehead atoms. The van der Waals surface area contributed by atoms with Gasteiger partial charge >= 0.3 is 0 Å². The molecule has 2 atom stereocenters. The first-order valence-electron chi connectivity index (χ1n) is 3.88. The molecule has 2 fully saturated rings. The summed E-state index contributed by atoms with van der Waals surface area (Å²) in [6, 6.07) is 0.159. The van der Waals surface area contributed by atoms with Crippen molar-refractivity contribution in [1.82, 2.24) is 4.90 Å². The number of hydrogen-bond donors (Lipinski definition) is 0. The van der Waals surface area contributed by atoms with Gasteiger partial charge in [-0.15, -0.1) is 0 Å². The van der Waals surface area contributed by atoms with Crippen molar-refractivity contribution in [1.29, 1.82) is 0 Å². The van der Waals surface area contributed by atoms with Gasteiger partial charge < -0.3 is 4.74 Å². The monoisotopic (exact) mass is 153 g/mol. The fourth-order valence-corrected chi connectivity index (χ4v) is 1.67. The van der Waals surface area contributed by atoms with E-state index in [1.807, 2.05) is 19.9 Å². The Balaban J connectivity index is 2.22. The second-order valence-electron chi connectivity index (χ2n) is 2.94. The first-order chi connectivity index (χ1) is 5.24. The lowest BCUT2D eigenvalue weighted by Crippen LogP contribution is -2.51. The van der Waals surface area contributed by atoms with Crippen molar-refractivity contribution in [2.45, 2.75) is 32.5 Å². The Kier molecular flexibility index (Phi) is 1.22. The summed E-state index contributed by atoms with van der Waals surface area (Å²) in [7, 11) is 0. The lowest BCUT2D eigenvalue weighted by atomic mass is 10.1. The standard InChI is InChI=1S/C8H11NO2/c1-3-6-5(2)9-7(10)4-8(9)11-6/h3,5,8H,4H2,1-2H3/b6-3-/t5-,8?/m0/s1. The van der Waals surface area contributed by atoms with Gasteiger partial charge in [0.05, 0.1) is 12.5 Å². The SMILES string of the molecule is C/C=C1\OC2CC(=O)N2[C@H]1C. The Bertz CT molecular complexity index is 234. The molecule has 11 heavy (non-hydrogen) atoms. The summed E-state index contributed by atoms with van der Waals surface area (Å²) in [5.74, 6) is 1.14. The molecule has 1 unspecified atom stereocenters. The molecule has 2 aliphatic rings. The van der Waals surface area contributed by atoms with Crippen LogP contribution in [0, 0.1) is 0 Å². The van der Waals surface area contributed by atoms with Gasteiger partial charge in [0, 0.05) is 0 Å². The fraction of sp³-hybridized carbons (Fsp3) is 0.625. The van der Waals surface area contributed by atoms with Crippen LogP contribution in [0.2, 0.25) is 0 Å². The third kappa shape index (κ3) is 0.708. The van der Waals surface area contributed by atoms with Crippen LogP contribution in [-0.4, -0.2) is 23.1 Å². The van der Waals surface area contributed by atoms with Gasteiger partial charge in [0.15, 0.2) is 6.23 Å². The molecular weight excluding hydrogens is 142 g/mol. The molecule has 60 valence electrons. The molecule has 0 aromatic carbocycles. The van der Waals surface area contributed by atoms with Crippen molar-refractivity contribution in [3.63, 3.8) is 0 Å². The molecular formula is C8H11NO2. The van der Waals surface area contributed by atoms with Crippen LogP contribution in [0.4, 0.5) is 0 Å². The summed E-state index contributed by atoms with van der Waals surface area (Å²) >= 11 is 0. The van der Waals surface area contributed by atoms with E-state index in [4.69, 9.17) is 4.74 Å². The van der Waals surface area contributed by atoms with Crippen LogP contribution in [0.1, 0.15) is 20.3 Å². The summed E-state index contributed by atoms with van der Waals surface area (Å²) in [5, 5.41) is 0. The number of β-lactam (4-membered cyclic amide) rings is 1. The number of rotatable bonds is 0. The molecule has 0 aromatic heterocycles. The minimum absolute atomic E-state index is 0.0451. The van der Waals surface area contributed by atoms with Crippen LogP contribution in [0.15, 0.2) is 11.8 Å². The number of carbonyl (C=O) groups is 1. The van der Waals surface area contributed by atoms with Crippen LogP contribution in [0.5, 0.6) is 0 Å². The summed E-state index contributed by atoms with van der Waals surface area (Å²) in [5.41, 5.74) is 0. The van der Waals surface area contributed by atoms with Crippen LogP contribution >= 0.6 is 0 Å². The highest BCUT2D eigenvalue weighted by atomic mass is 16.5. The molecule has 2 heterocycles. The Labute approximate surface area is 65.6 Å². The maximum Gasteiger partial charge on any atom is 0.231 e. The van der Waals surface area contributed by atoms with Gasteiger partial charge in [-0.3, -0.25) is 9.69 Å². The molecule has 2 aliphatic heterocycles. The predicted octanol–water partition coefficient (Wildman–Crippen LogP) is 0.867. The topological polar surface area (TPSA) is 29.5 Å². The smallest absolute Gasteiger partial charge is 0.231 e. The van der Waals surface area contributed by atoms with Crippen LogP contribution in [0.3, 0.4) is 0 Å². The molecule has 0 N–H and O–H groups in total. The summed E-state index contributed by atoms with van der Waals surface area (Å²) in [6.07, 6.45) is 2.53. The second-order valence-corrected chi connectivity index (χ2v) is 2.94. The molecule has 0 spiro atoms. The van der Waals surface area contributed by atoms with E-state index in [1.54, 1.807) is 4.90 Å². The number of fused-ring (bicyclic) bond motifs is 1. The molecule has 0 saturated carbocycles. The molecule has 0 radical (unpaired) electrons. The first kappa shape index (κ1) is 6.70. The van der Waals surface area contributed by atoms with Crippen molar-refractivity contribution < 1.29 is 9.53 Å². The third-order valence-electron chi connectivity index (χ3n) is 2.33. The van der Waals surface area contributed by atoms with Gasteiger partial charge in [-0.05, 0) is 19.9 Å². The van der Waals surface area contributed by atoms with E-state index in [2.05, 4.69) is 0 Å². The number of ether oxygens (including phenoxy) is 1. The molecule has 3 nitrogen and oxygen atoms in total. The number of hydrogen-bond acceptors (Lipinski definition) is 2. The zero-order chi connectivity index (χ0) is 8.01. The number of allylic oxidation sites excluding steroid dienone is 1. The van der Waals surface area contributed by atoms with E-state index in [9.17, 15) is 4.79 Å². The Morgan fingerprint density at radius 2 is 2.45 bits per heavy atom. The highest BCUT2D eigenvalue weighted by Crippen LogP contribution is 2.35. The Hall–Kier alpha value is -0.990. The average Bonchev–Trinajstić information content (AvgIpc) is 2.20. The van der Waals surface area contributed by atoms with Gasteiger partial charge in [0.2, 0.25) is 5.91 Å².